The van der Waals surface area contributed by atoms with Crippen LogP contribution in [0, 0.1) is 17.7 Å². The van der Waals surface area contributed by atoms with E-state index in [4.69, 9.17) is 9.98 Å². The summed E-state index contributed by atoms with van der Waals surface area (Å²) in [4.78, 5) is 13.8. The molecule has 0 saturated carbocycles. The van der Waals surface area contributed by atoms with Crippen molar-refractivity contribution in [3.63, 3.8) is 0 Å². The molecule has 1 saturated heterocycles. The van der Waals surface area contributed by atoms with Gasteiger partial charge in [0.15, 0.2) is 5.84 Å². The molecule has 0 spiro atoms. The van der Waals surface area contributed by atoms with Crippen LogP contribution >= 0.6 is 0 Å². The molecular formula is C25H32F4N4. The molecule has 33 heavy (non-hydrogen) atoms. The lowest BCUT2D eigenvalue weighted by Gasteiger charge is -2.37. The van der Waals surface area contributed by atoms with E-state index < -0.39 is 17.6 Å². The minimum atomic E-state index is -4.78. The first-order valence-electron chi connectivity index (χ1n) is 11.7. The molecule has 3 heterocycles. The number of halogens is 4. The number of hydrogen-bond donors (Lipinski definition) is 0. The van der Waals surface area contributed by atoms with E-state index in [2.05, 4.69) is 24.9 Å². The summed E-state index contributed by atoms with van der Waals surface area (Å²) >= 11 is 0. The molecule has 3 aliphatic rings. The number of aliphatic imine (C=N–C) groups is 2. The number of hydrogen-bond acceptors (Lipinski definition) is 4. The van der Waals surface area contributed by atoms with Crippen LogP contribution in [-0.2, 0) is 6.18 Å². The average molecular weight is 465 g/mol. The lowest BCUT2D eigenvalue weighted by atomic mass is 9.83. The van der Waals surface area contributed by atoms with E-state index in [1.807, 2.05) is 18.7 Å². The van der Waals surface area contributed by atoms with E-state index in [0.717, 1.165) is 62.2 Å². The first kappa shape index (κ1) is 23.9. The van der Waals surface area contributed by atoms with E-state index in [9.17, 15) is 17.6 Å². The molecule has 0 N–H and O–H groups in total. The first-order chi connectivity index (χ1) is 15.5. The second kappa shape index (κ2) is 9.20. The molecule has 1 aromatic rings. The van der Waals surface area contributed by atoms with Crippen LogP contribution < -0.4 is 4.90 Å². The quantitative estimate of drug-likeness (QED) is 0.383. The molecular weight excluding hydrogens is 432 g/mol. The van der Waals surface area contributed by atoms with Crippen molar-refractivity contribution in [2.75, 3.05) is 31.6 Å². The summed E-state index contributed by atoms with van der Waals surface area (Å²) in [7, 11) is 2.12. The highest BCUT2D eigenvalue weighted by Crippen LogP contribution is 2.43. The molecule has 1 aromatic carbocycles. The summed E-state index contributed by atoms with van der Waals surface area (Å²) in [5.41, 5.74) is 1.05. The van der Waals surface area contributed by atoms with E-state index in [0.29, 0.717) is 18.3 Å². The highest BCUT2D eigenvalue weighted by Gasteiger charge is 2.39. The van der Waals surface area contributed by atoms with Gasteiger partial charge in [-0.05, 0) is 71.7 Å². The van der Waals surface area contributed by atoms with Crippen molar-refractivity contribution in [3.8, 4) is 0 Å². The summed E-state index contributed by atoms with van der Waals surface area (Å²) < 4.78 is 55.0. The number of anilines is 1. The van der Waals surface area contributed by atoms with Gasteiger partial charge in [0.05, 0.1) is 28.7 Å². The number of nitrogens with zero attached hydrogens (tertiary/aromatic N) is 4. The van der Waals surface area contributed by atoms with Crippen molar-refractivity contribution in [2.45, 2.75) is 58.7 Å². The Labute approximate surface area is 193 Å². The monoisotopic (exact) mass is 464 g/mol. The molecule has 3 unspecified atom stereocenters. The topological polar surface area (TPSA) is 31.2 Å². The first-order valence-corrected chi connectivity index (χ1v) is 11.7. The van der Waals surface area contributed by atoms with Crippen LogP contribution in [-0.4, -0.2) is 49.2 Å². The molecule has 8 heteroatoms. The molecule has 0 bridgehead atoms. The van der Waals surface area contributed by atoms with Crippen molar-refractivity contribution >= 4 is 22.9 Å². The fourth-order valence-corrected chi connectivity index (χ4v) is 5.04. The van der Waals surface area contributed by atoms with Gasteiger partial charge >= 0.3 is 6.18 Å². The Morgan fingerprint density at radius 1 is 1.15 bits per heavy atom. The minimum Gasteiger partial charge on any atom is -0.319 e. The van der Waals surface area contributed by atoms with Gasteiger partial charge in [-0.15, -0.1) is 0 Å². The van der Waals surface area contributed by atoms with Crippen LogP contribution in [0.3, 0.4) is 0 Å². The molecule has 1 fully saturated rings. The Balaban J connectivity index is 1.84. The SMILES string of the molecule is CC1=CCC(C)N=C2C(C(C)C3CCCN(C)CC3)=Nc3cc(F)c(C(F)(F)F)cc3N2C1. The third-order valence-electron chi connectivity index (χ3n) is 7.08. The summed E-state index contributed by atoms with van der Waals surface area (Å²) in [5.74, 6) is -0.211. The predicted molar refractivity (Wildman–Crippen MR) is 125 cm³/mol. The van der Waals surface area contributed by atoms with Crippen molar-refractivity contribution in [2.24, 2.45) is 21.8 Å². The summed E-state index contributed by atoms with van der Waals surface area (Å²) in [6.45, 7) is 8.56. The van der Waals surface area contributed by atoms with Crippen molar-refractivity contribution in [1.82, 2.24) is 4.90 Å². The van der Waals surface area contributed by atoms with Crippen LogP contribution in [0.15, 0.2) is 33.8 Å². The second-order valence-corrected chi connectivity index (χ2v) is 9.77. The van der Waals surface area contributed by atoms with Crippen molar-refractivity contribution in [1.29, 1.82) is 0 Å². The van der Waals surface area contributed by atoms with Crippen LogP contribution in [0.5, 0.6) is 0 Å². The molecule has 3 aliphatic heterocycles. The van der Waals surface area contributed by atoms with Gasteiger partial charge in [0, 0.05) is 18.5 Å². The third-order valence-corrected chi connectivity index (χ3v) is 7.08. The zero-order chi connectivity index (χ0) is 23.9. The summed E-state index contributed by atoms with van der Waals surface area (Å²) in [5, 5.41) is 0. The summed E-state index contributed by atoms with van der Waals surface area (Å²) in [6.07, 6.45) is 1.24. The maximum atomic E-state index is 14.5. The minimum absolute atomic E-state index is 0.0282. The Hall–Kier alpha value is -2.22. The van der Waals surface area contributed by atoms with Crippen LogP contribution in [0.25, 0.3) is 0 Å². The maximum Gasteiger partial charge on any atom is 0.419 e. The molecule has 4 nitrogen and oxygen atoms in total. The van der Waals surface area contributed by atoms with Gasteiger partial charge in [-0.25, -0.2) is 9.38 Å². The Bertz CT molecular complexity index is 995. The van der Waals surface area contributed by atoms with Crippen LogP contribution in [0.1, 0.15) is 52.0 Å². The molecule has 0 aromatic heterocycles. The smallest absolute Gasteiger partial charge is 0.319 e. The molecule has 0 aliphatic carbocycles. The Morgan fingerprint density at radius 2 is 1.91 bits per heavy atom. The molecule has 0 amide bonds. The van der Waals surface area contributed by atoms with Crippen molar-refractivity contribution in [3.05, 3.63) is 35.2 Å². The predicted octanol–water partition coefficient (Wildman–Crippen LogP) is 6.24. The van der Waals surface area contributed by atoms with Crippen LogP contribution in [0.2, 0.25) is 0 Å². The van der Waals surface area contributed by atoms with Gasteiger partial charge in [-0.1, -0.05) is 18.6 Å². The molecule has 0 radical (unpaired) electrons. The highest BCUT2D eigenvalue weighted by molar-refractivity contribution is 6.48. The molecule has 3 atom stereocenters. The zero-order valence-corrected chi connectivity index (χ0v) is 19.7. The zero-order valence-electron chi connectivity index (χ0n) is 19.7. The van der Waals surface area contributed by atoms with E-state index >= 15 is 0 Å². The van der Waals surface area contributed by atoms with Gasteiger partial charge in [0.2, 0.25) is 0 Å². The number of rotatable bonds is 2. The molecule has 4 rings (SSSR count). The van der Waals surface area contributed by atoms with Gasteiger partial charge in [-0.2, -0.15) is 13.2 Å². The normalized spacial score (nSPS) is 25.6. The van der Waals surface area contributed by atoms with E-state index in [-0.39, 0.29) is 23.3 Å². The maximum absolute atomic E-state index is 14.5. The Kier molecular flexibility index (Phi) is 6.67. The largest absolute Gasteiger partial charge is 0.419 e. The van der Waals surface area contributed by atoms with E-state index in [1.54, 1.807) is 0 Å². The highest BCUT2D eigenvalue weighted by atomic mass is 19.4. The van der Waals surface area contributed by atoms with Gasteiger partial charge in [0.25, 0.3) is 0 Å². The number of likely N-dealkylation sites (tertiary alicyclic amines) is 1. The molecule has 180 valence electrons. The fraction of sp³-hybridized carbons (Fsp3) is 0.600. The van der Waals surface area contributed by atoms with E-state index in [1.165, 1.54) is 0 Å². The lowest BCUT2D eigenvalue weighted by molar-refractivity contribution is -0.139. The average Bonchev–Trinajstić information content (AvgIpc) is 2.95. The number of fused-ring (bicyclic) bond motifs is 3. The van der Waals surface area contributed by atoms with Gasteiger partial charge in [0.1, 0.15) is 5.82 Å². The van der Waals surface area contributed by atoms with Gasteiger partial charge < -0.3 is 9.80 Å². The van der Waals surface area contributed by atoms with Crippen molar-refractivity contribution < 1.29 is 17.6 Å². The Morgan fingerprint density at radius 3 is 2.64 bits per heavy atom. The standard InChI is InChI=1S/C25H32F4N4/c1-15-7-8-16(2)30-24-23(17(3)18-6-5-10-32(4)11-9-18)31-21-13-20(26)19(25(27,28)29)12-22(21)33(24)14-15/h7,12-13,16-18H,5-6,8-11,14H2,1-4H3. The van der Waals surface area contributed by atoms with Crippen LogP contribution in [0.4, 0.5) is 28.9 Å². The number of amidine groups is 1. The lowest BCUT2D eigenvalue weighted by Crippen LogP contribution is -2.45. The van der Waals surface area contributed by atoms with Gasteiger partial charge in [-0.3, -0.25) is 4.99 Å². The number of benzene rings is 1. The fourth-order valence-electron chi connectivity index (χ4n) is 5.04. The number of alkyl halides is 3. The second-order valence-electron chi connectivity index (χ2n) is 9.77. The third kappa shape index (κ3) is 5.00. The summed E-state index contributed by atoms with van der Waals surface area (Å²) in [6, 6.07) is 1.80.